The van der Waals surface area contributed by atoms with Crippen LogP contribution in [0.1, 0.15) is 51.3 Å². The van der Waals surface area contributed by atoms with Gasteiger partial charge in [0.2, 0.25) is 30.1 Å². The minimum atomic E-state index is -4.22. The Bertz CT molecular complexity index is 4340. The first kappa shape index (κ1) is 66.0. The largest absolute Gasteiger partial charge is 0.480 e. The van der Waals surface area contributed by atoms with Gasteiger partial charge >= 0.3 is 5.97 Å². The smallest absolute Gasteiger partial charge is 0.321 e. The number of carboxylic acids is 1. The number of sulfonamides is 3. The van der Waals surface area contributed by atoms with E-state index in [1.165, 1.54) is 70.5 Å². The number of carbonyl (C=O) groups is 1. The van der Waals surface area contributed by atoms with Gasteiger partial charge in [-0.3, -0.25) is 4.79 Å². The topological polar surface area (TPSA) is 317 Å². The molecular formula is C59H60Cl4N12O8S3. The van der Waals surface area contributed by atoms with E-state index >= 15 is 0 Å². The van der Waals surface area contributed by atoms with Gasteiger partial charge in [-0.15, -0.1) is 0 Å². The molecule has 9 N–H and O–H groups in total. The highest BCUT2D eigenvalue weighted by atomic mass is 35.5. The van der Waals surface area contributed by atoms with Crippen molar-refractivity contribution in [3.8, 4) is 0 Å². The molecule has 0 aliphatic rings. The van der Waals surface area contributed by atoms with Gasteiger partial charge in [-0.1, -0.05) is 156 Å². The predicted octanol–water partition coefficient (Wildman–Crippen LogP) is 11.0. The highest BCUT2D eigenvalue weighted by Gasteiger charge is 2.34. The van der Waals surface area contributed by atoms with E-state index in [4.69, 9.17) is 69.3 Å². The van der Waals surface area contributed by atoms with Crippen molar-refractivity contribution in [1.29, 1.82) is 0 Å². The number of nitrogens with two attached hydrogens (primary N) is 4. The van der Waals surface area contributed by atoms with Crippen LogP contribution in [0.25, 0.3) is 32.3 Å². The Morgan fingerprint density at radius 2 is 0.756 bits per heavy atom. The maximum absolute atomic E-state index is 13.5. The second-order valence-corrected chi connectivity index (χ2v) is 27.0. The minimum absolute atomic E-state index is 0.0948. The summed E-state index contributed by atoms with van der Waals surface area (Å²) < 4.78 is 84.1. The van der Waals surface area contributed by atoms with Crippen molar-refractivity contribution in [2.45, 2.75) is 87.1 Å². The van der Waals surface area contributed by atoms with Gasteiger partial charge in [0.1, 0.15) is 11.2 Å². The van der Waals surface area contributed by atoms with E-state index in [0.717, 1.165) is 15.4 Å². The van der Waals surface area contributed by atoms with Crippen LogP contribution < -0.4 is 22.9 Å². The summed E-state index contributed by atoms with van der Waals surface area (Å²) in [5.41, 5.74) is 24.3. The molecule has 27 heteroatoms. The number of rotatable bonds is 18. The maximum atomic E-state index is 13.5. The number of aliphatic imine (C=N–C) groups is 2. The number of aromatic nitrogens is 3. The molecule has 0 saturated carbocycles. The number of halogens is 4. The molecule has 450 valence electrons. The number of aliphatic carboxylic acids is 1. The molecule has 0 aliphatic carbocycles. The molecule has 0 amide bonds. The standard InChI is InChI=1S/C20H20ClN5O4S.C20H22ClN5O2S.C19H18Cl2N2O2S/c1-12(19(27)28)26(11-13-5-3-2-4-6-13)31(29,30)14-7-8-15-16(9-14)18(25-20(22)23)24-10-17(15)21;1-13(2)26(12-14-6-4-3-5-7-14)29(27,28)15-8-9-16-17(10-15)19(25-20(22)23)24-11-18(16)21;1-13(2)23(12-14-6-4-3-5-7-14)26(24,25)15-8-9-16-17(10-15)19(21)22-11-18(16)20/h2-10,12H,11H2,1H3,(H,27,28)(H4,22,23,24,25);3-11,13H,12H2,1-2H3,(H4,22,23,24,25);3-11,13H,12H2,1-2H3/t12-;;/m0../s1. The summed E-state index contributed by atoms with van der Waals surface area (Å²) in [7, 11) is -11.7. The SMILES string of the molecule is CC(C)N(Cc1ccccc1)S(=O)(=O)c1ccc2c(Cl)cnc(Cl)c2c1.CC(C)N(Cc1ccccc1)S(=O)(=O)c1ccc2c(Cl)cnc(N=C(N)N)c2c1.C[C@@H](C(=O)O)N(Cc1ccccc1)S(=O)(=O)c1ccc2c(Cl)cnc(N=C(N)N)c2c1. The van der Waals surface area contributed by atoms with E-state index in [-0.39, 0.29) is 73.6 Å². The zero-order chi connectivity index (χ0) is 62.8. The van der Waals surface area contributed by atoms with Gasteiger partial charge in [-0.25, -0.2) is 40.2 Å². The first-order valence-electron chi connectivity index (χ1n) is 26.1. The Balaban J connectivity index is 0.000000185. The fourth-order valence-corrected chi connectivity index (χ4v) is 14.5. The van der Waals surface area contributed by atoms with Crippen molar-refractivity contribution >= 4 is 138 Å². The van der Waals surface area contributed by atoms with E-state index in [9.17, 15) is 35.2 Å². The number of hydrogen-bond acceptors (Lipinski definition) is 12. The number of carboxylic acid groups (broad SMARTS) is 1. The predicted molar refractivity (Wildman–Crippen MR) is 341 cm³/mol. The van der Waals surface area contributed by atoms with Gasteiger partial charge in [0.25, 0.3) is 0 Å². The maximum Gasteiger partial charge on any atom is 0.321 e. The molecule has 6 aromatic carbocycles. The quantitative estimate of drug-likeness (QED) is 0.0303. The second kappa shape index (κ2) is 28.3. The lowest BCUT2D eigenvalue weighted by Crippen LogP contribution is -2.42. The Labute approximate surface area is 518 Å². The van der Waals surface area contributed by atoms with Crippen molar-refractivity contribution in [2.75, 3.05) is 0 Å². The summed E-state index contributed by atoms with van der Waals surface area (Å²) in [4.78, 5) is 31.9. The molecule has 9 aromatic rings. The molecule has 0 unspecified atom stereocenters. The number of guanidine groups is 2. The molecule has 0 radical (unpaired) electrons. The highest BCUT2D eigenvalue weighted by Crippen LogP contribution is 2.36. The third-order valence-electron chi connectivity index (χ3n) is 13.1. The molecule has 0 saturated heterocycles. The fraction of sp³-hybridized carbons (Fsp3) is 0.186. The lowest BCUT2D eigenvalue weighted by molar-refractivity contribution is -0.141. The molecule has 86 heavy (non-hydrogen) atoms. The first-order valence-corrected chi connectivity index (χ1v) is 31.9. The number of hydrogen-bond donors (Lipinski definition) is 5. The molecule has 0 bridgehead atoms. The third kappa shape index (κ3) is 15.7. The second-order valence-electron chi connectivity index (χ2n) is 19.8. The molecule has 20 nitrogen and oxygen atoms in total. The third-order valence-corrected chi connectivity index (χ3v) is 20.3. The summed E-state index contributed by atoms with van der Waals surface area (Å²) in [6, 6.07) is 39.5. The average molecular weight is 1300 g/mol. The van der Waals surface area contributed by atoms with Crippen molar-refractivity contribution < 1.29 is 35.2 Å². The normalized spacial score (nSPS) is 12.3. The van der Waals surface area contributed by atoms with Crippen LogP contribution in [0, 0.1) is 0 Å². The molecule has 3 heterocycles. The lowest BCUT2D eigenvalue weighted by atomic mass is 10.1. The number of nitrogens with zero attached hydrogens (tertiary/aromatic N) is 8. The van der Waals surface area contributed by atoms with Crippen LogP contribution in [0.5, 0.6) is 0 Å². The van der Waals surface area contributed by atoms with Crippen LogP contribution in [0.3, 0.4) is 0 Å². The summed E-state index contributed by atoms with van der Waals surface area (Å²) in [5.74, 6) is -1.40. The summed E-state index contributed by atoms with van der Waals surface area (Å²) >= 11 is 24.7. The highest BCUT2D eigenvalue weighted by molar-refractivity contribution is 7.89. The minimum Gasteiger partial charge on any atom is -0.480 e. The van der Waals surface area contributed by atoms with Gasteiger partial charge in [-0.05, 0) is 87.7 Å². The summed E-state index contributed by atoms with van der Waals surface area (Å²) in [6.07, 6.45) is 4.24. The Kier molecular flexibility index (Phi) is 21.7. The van der Waals surface area contributed by atoms with E-state index in [2.05, 4.69) is 24.9 Å². The van der Waals surface area contributed by atoms with Gasteiger partial charge < -0.3 is 28.0 Å². The van der Waals surface area contributed by atoms with Gasteiger partial charge in [0.05, 0.1) is 29.8 Å². The molecule has 0 aliphatic heterocycles. The lowest BCUT2D eigenvalue weighted by Gasteiger charge is -2.26. The van der Waals surface area contributed by atoms with Crippen LogP contribution in [-0.2, 0) is 54.5 Å². The van der Waals surface area contributed by atoms with Gasteiger partial charge in [0.15, 0.2) is 23.6 Å². The average Bonchev–Trinajstić information content (AvgIpc) is 2.18. The zero-order valence-corrected chi connectivity index (χ0v) is 52.3. The van der Waals surface area contributed by atoms with E-state index in [1.54, 1.807) is 48.5 Å². The molecular weight excluding hydrogens is 1240 g/mol. The van der Waals surface area contributed by atoms with Crippen molar-refractivity contribution in [3.05, 3.63) is 201 Å². The molecule has 1 atom stereocenters. The van der Waals surface area contributed by atoms with Crippen molar-refractivity contribution in [3.63, 3.8) is 0 Å². The van der Waals surface area contributed by atoms with E-state index < -0.39 is 42.1 Å². The molecule has 0 spiro atoms. The van der Waals surface area contributed by atoms with Crippen LogP contribution >= 0.6 is 46.4 Å². The fourth-order valence-electron chi connectivity index (χ4n) is 8.75. The zero-order valence-electron chi connectivity index (χ0n) is 46.9. The Morgan fingerprint density at radius 3 is 1.08 bits per heavy atom. The van der Waals surface area contributed by atoms with Crippen molar-refractivity contribution in [2.24, 2.45) is 32.9 Å². The number of fused-ring (bicyclic) bond motifs is 3. The molecule has 0 fully saturated rings. The van der Waals surface area contributed by atoms with Crippen molar-refractivity contribution in [1.82, 2.24) is 27.9 Å². The van der Waals surface area contributed by atoms with Crippen LogP contribution in [0.15, 0.2) is 189 Å². The summed E-state index contributed by atoms with van der Waals surface area (Å²) in [6.45, 7) is 9.12. The monoisotopic (exact) mass is 1300 g/mol. The molecule has 9 rings (SSSR count). The number of benzene rings is 6. The summed E-state index contributed by atoms with van der Waals surface area (Å²) in [5, 5.41) is 13.9. The Morgan fingerprint density at radius 1 is 0.453 bits per heavy atom. The van der Waals surface area contributed by atoms with Crippen LogP contribution in [0.2, 0.25) is 20.2 Å². The van der Waals surface area contributed by atoms with Gasteiger partial charge in [0, 0.05) is 82.6 Å². The van der Waals surface area contributed by atoms with E-state index in [1.807, 2.05) is 88.4 Å². The van der Waals surface area contributed by atoms with E-state index in [0.29, 0.717) is 54.5 Å². The Hall–Kier alpha value is -7.55. The molecule has 3 aromatic heterocycles. The van der Waals surface area contributed by atoms with Gasteiger partial charge in [-0.2, -0.15) is 22.9 Å². The van der Waals surface area contributed by atoms with Crippen LogP contribution in [-0.4, -0.2) is 94.2 Å². The van der Waals surface area contributed by atoms with Crippen LogP contribution in [0.4, 0.5) is 11.6 Å². The number of pyridine rings is 3. The first-order chi connectivity index (χ1) is 40.6.